The molecule has 0 fully saturated rings. The summed E-state index contributed by atoms with van der Waals surface area (Å²) in [6.07, 6.45) is 2.04. The zero-order valence-corrected chi connectivity index (χ0v) is 18.7. The van der Waals surface area contributed by atoms with Crippen molar-refractivity contribution < 1.29 is 9.53 Å². The highest BCUT2D eigenvalue weighted by molar-refractivity contribution is 7.07. The predicted molar refractivity (Wildman–Crippen MR) is 123 cm³/mol. The smallest absolute Gasteiger partial charge is 0.262 e. The second-order valence-corrected chi connectivity index (χ2v) is 8.53. The fourth-order valence-electron chi connectivity index (χ4n) is 3.80. The molecule has 1 aromatic heterocycles. The molecule has 1 aliphatic rings. The molecule has 0 bridgehead atoms. The fraction of sp³-hybridized carbons (Fsp3) is 0.333. The van der Waals surface area contributed by atoms with Gasteiger partial charge in [-0.05, 0) is 62.1 Å². The maximum atomic E-state index is 11.8. The van der Waals surface area contributed by atoms with Crippen LogP contribution in [0.2, 0.25) is 0 Å². The van der Waals surface area contributed by atoms with Crippen molar-refractivity contribution in [3.63, 3.8) is 0 Å². The van der Waals surface area contributed by atoms with Crippen LogP contribution in [0.5, 0.6) is 5.75 Å². The van der Waals surface area contributed by atoms with Crippen molar-refractivity contribution in [2.45, 2.75) is 46.6 Å². The van der Waals surface area contributed by atoms with E-state index in [2.05, 4.69) is 67.2 Å². The monoisotopic (exact) mass is 421 g/mol. The van der Waals surface area contributed by atoms with Crippen LogP contribution < -0.4 is 14.9 Å². The third-order valence-corrected chi connectivity index (χ3v) is 6.38. The van der Waals surface area contributed by atoms with Crippen LogP contribution in [0, 0.1) is 13.8 Å². The second-order valence-electron chi connectivity index (χ2n) is 7.69. The fourth-order valence-corrected chi connectivity index (χ4v) is 4.78. The van der Waals surface area contributed by atoms with Gasteiger partial charge in [0.25, 0.3) is 5.91 Å². The molecule has 1 N–H and O–H groups in total. The molecule has 0 spiro atoms. The minimum Gasteiger partial charge on any atom is -0.482 e. The van der Waals surface area contributed by atoms with Crippen LogP contribution in [-0.2, 0) is 4.79 Å². The van der Waals surface area contributed by atoms with Crippen LogP contribution in [0.3, 0.4) is 0 Å². The Balaban J connectivity index is 1.88. The number of nitrogens with one attached hydrogen (secondary N) is 1. The summed E-state index contributed by atoms with van der Waals surface area (Å²) in [6, 6.07) is 12.7. The number of carbonyl (C=O) groups excluding carboxylic acids is 1. The van der Waals surface area contributed by atoms with Gasteiger partial charge in [0.05, 0.1) is 17.1 Å². The summed E-state index contributed by atoms with van der Waals surface area (Å²) in [6.45, 7) is 8.69. The first-order chi connectivity index (χ1) is 14.5. The normalized spacial score (nSPS) is 13.9. The highest BCUT2D eigenvalue weighted by Crippen LogP contribution is 2.34. The van der Waals surface area contributed by atoms with Gasteiger partial charge in [0, 0.05) is 17.0 Å². The number of nitrogens with zero attached hydrogens (tertiary/aromatic N) is 2. The molecule has 3 aromatic rings. The third-order valence-electron chi connectivity index (χ3n) is 5.54. The number of rotatable bonds is 5. The lowest BCUT2D eigenvalue weighted by atomic mass is 10.1. The van der Waals surface area contributed by atoms with Crippen molar-refractivity contribution in [1.29, 1.82) is 0 Å². The predicted octanol–water partition coefficient (Wildman–Crippen LogP) is 5.76. The zero-order valence-electron chi connectivity index (χ0n) is 17.9. The maximum Gasteiger partial charge on any atom is 0.262 e. The first-order valence-corrected chi connectivity index (χ1v) is 11.3. The number of ether oxygens (including phenoxy) is 1. The lowest BCUT2D eigenvalue weighted by Crippen LogP contribution is -2.25. The minimum atomic E-state index is -0.122. The molecule has 2 heterocycles. The SMILES string of the molecule is CCC(CC)n1c(-c2ccc3c(c2)NC(=O)CO3)csc1=Nc1cc(C)ccc1C. The number of hydrogen-bond donors (Lipinski definition) is 1. The molecular formula is C24H27N3O2S. The van der Waals surface area contributed by atoms with Gasteiger partial charge in [0.2, 0.25) is 0 Å². The Morgan fingerprint density at radius 3 is 2.73 bits per heavy atom. The molecule has 5 nitrogen and oxygen atoms in total. The first kappa shape index (κ1) is 20.4. The van der Waals surface area contributed by atoms with Crippen molar-refractivity contribution in [1.82, 2.24) is 4.57 Å². The average molecular weight is 422 g/mol. The molecule has 0 radical (unpaired) electrons. The molecule has 0 atom stereocenters. The van der Waals surface area contributed by atoms with E-state index in [0.29, 0.717) is 11.8 Å². The Morgan fingerprint density at radius 1 is 1.17 bits per heavy atom. The largest absolute Gasteiger partial charge is 0.482 e. The molecule has 0 saturated carbocycles. The second kappa shape index (κ2) is 8.48. The van der Waals surface area contributed by atoms with Crippen LogP contribution in [0.15, 0.2) is 46.8 Å². The van der Waals surface area contributed by atoms with Gasteiger partial charge in [-0.2, -0.15) is 0 Å². The summed E-state index contributed by atoms with van der Waals surface area (Å²) in [5.74, 6) is 0.589. The molecule has 0 aliphatic carbocycles. The zero-order chi connectivity index (χ0) is 21.3. The molecule has 1 amide bonds. The molecule has 6 heteroatoms. The standard InChI is InChI=1S/C24H27N3O2S/c1-5-18(6-2)27-21(17-9-10-22-20(12-17)25-23(28)13-29-22)14-30-24(27)26-19-11-15(3)7-8-16(19)4/h7-12,14,18H,5-6,13H2,1-4H3,(H,25,28). The molecule has 156 valence electrons. The van der Waals surface area contributed by atoms with E-state index in [1.54, 1.807) is 11.3 Å². The van der Waals surface area contributed by atoms with Crippen molar-refractivity contribution in [2.24, 2.45) is 4.99 Å². The Labute approximate surface area is 181 Å². The topological polar surface area (TPSA) is 55.6 Å². The number of hydrogen-bond acceptors (Lipinski definition) is 4. The van der Waals surface area contributed by atoms with Gasteiger partial charge in [-0.1, -0.05) is 26.0 Å². The summed E-state index contributed by atoms with van der Waals surface area (Å²) in [5.41, 5.74) is 6.26. The van der Waals surface area contributed by atoms with Crippen LogP contribution in [-0.4, -0.2) is 17.1 Å². The molecule has 1 aliphatic heterocycles. The van der Waals surface area contributed by atoms with Crippen LogP contribution in [0.25, 0.3) is 11.3 Å². The van der Waals surface area contributed by atoms with Gasteiger partial charge in [-0.3, -0.25) is 4.79 Å². The maximum absolute atomic E-state index is 11.8. The van der Waals surface area contributed by atoms with Gasteiger partial charge in [0.15, 0.2) is 11.4 Å². The van der Waals surface area contributed by atoms with Crippen molar-refractivity contribution >= 4 is 28.6 Å². The van der Waals surface area contributed by atoms with E-state index in [-0.39, 0.29) is 12.5 Å². The number of carbonyl (C=O) groups is 1. The van der Waals surface area contributed by atoms with Gasteiger partial charge in [-0.25, -0.2) is 4.99 Å². The summed E-state index contributed by atoms with van der Waals surface area (Å²) in [5, 5.41) is 5.08. The lowest BCUT2D eigenvalue weighted by molar-refractivity contribution is -0.118. The van der Waals surface area contributed by atoms with E-state index in [1.165, 1.54) is 11.1 Å². The van der Waals surface area contributed by atoms with Crippen molar-refractivity contribution in [2.75, 3.05) is 11.9 Å². The first-order valence-electron chi connectivity index (χ1n) is 10.4. The molecule has 30 heavy (non-hydrogen) atoms. The highest BCUT2D eigenvalue weighted by atomic mass is 32.1. The molecule has 0 unspecified atom stereocenters. The van der Waals surface area contributed by atoms with Gasteiger partial charge in [-0.15, -0.1) is 11.3 Å². The number of thiazole rings is 1. The lowest BCUT2D eigenvalue weighted by Gasteiger charge is -2.21. The number of anilines is 1. The summed E-state index contributed by atoms with van der Waals surface area (Å²) in [4.78, 5) is 17.8. The molecule has 4 rings (SSSR count). The average Bonchev–Trinajstić information content (AvgIpc) is 3.14. The quantitative estimate of drug-likeness (QED) is 0.570. The summed E-state index contributed by atoms with van der Waals surface area (Å²) >= 11 is 1.66. The van der Waals surface area contributed by atoms with Gasteiger partial charge >= 0.3 is 0 Å². The van der Waals surface area contributed by atoms with Crippen LogP contribution in [0.1, 0.15) is 43.9 Å². The molecule has 0 saturated heterocycles. The Kier molecular flexibility index (Phi) is 5.77. The highest BCUT2D eigenvalue weighted by Gasteiger charge is 2.20. The minimum absolute atomic E-state index is 0.0669. The van der Waals surface area contributed by atoms with Crippen LogP contribution in [0.4, 0.5) is 11.4 Å². The van der Waals surface area contributed by atoms with Crippen LogP contribution >= 0.6 is 11.3 Å². The van der Waals surface area contributed by atoms with E-state index < -0.39 is 0 Å². The number of amides is 1. The van der Waals surface area contributed by atoms with E-state index in [0.717, 1.165) is 40.3 Å². The number of aryl methyl sites for hydroxylation is 2. The van der Waals surface area contributed by atoms with Gasteiger partial charge in [0.1, 0.15) is 5.75 Å². The Bertz CT molecular complexity index is 1160. The van der Waals surface area contributed by atoms with Gasteiger partial charge < -0.3 is 14.6 Å². The van der Waals surface area contributed by atoms with E-state index in [1.807, 2.05) is 12.1 Å². The van der Waals surface area contributed by atoms with E-state index in [4.69, 9.17) is 9.73 Å². The molecular weight excluding hydrogens is 394 g/mol. The van der Waals surface area contributed by atoms with E-state index >= 15 is 0 Å². The summed E-state index contributed by atoms with van der Waals surface area (Å²) < 4.78 is 7.87. The number of fused-ring (bicyclic) bond motifs is 1. The number of aromatic nitrogens is 1. The third kappa shape index (κ3) is 3.92. The van der Waals surface area contributed by atoms with E-state index in [9.17, 15) is 4.79 Å². The van der Waals surface area contributed by atoms with Crippen molar-refractivity contribution in [3.05, 3.63) is 57.7 Å². The summed E-state index contributed by atoms with van der Waals surface area (Å²) in [7, 11) is 0. The molecule has 2 aromatic carbocycles. The van der Waals surface area contributed by atoms with Crippen molar-refractivity contribution in [3.8, 4) is 17.0 Å². The Morgan fingerprint density at radius 2 is 1.97 bits per heavy atom. The Hall–Kier alpha value is -2.86. The number of benzene rings is 2.